The van der Waals surface area contributed by atoms with E-state index in [4.69, 9.17) is 9.97 Å². The summed E-state index contributed by atoms with van der Waals surface area (Å²) < 4.78 is 2.90. The number of unbranched alkanes of at least 4 members (excludes halogenated alkanes) is 4. The molecular formula is C63H91N3S4. The molecule has 7 rings (SSSR count). The maximum atomic E-state index is 5.53. The van der Waals surface area contributed by atoms with Crippen LogP contribution in [0.1, 0.15) is 227 Å². The van der Waals surface area contributed by atoms with Crippen molar-refractivity contribution in [1.29, 1.82) is 0 Å². The molecule has 382 valence electrons. The first-order valence-electron chi connectivity index (χ1n) is 28.2. The zero-order valence-electron chi connectivity index (χ0n) is 46.2. The van der Waals surface area contributed by atoms with Gasteiger partial charge in [0.1, 0.15) is 10.0 Å². The second kappa shape index (κ2) is 24.5. The van der Waals surface area contributed by atoms with Gasteiger partial charge < -0.3 is 4.57 Å². The third-order valence-corrected chi connectivity index (χ3v) is 21.1. The highest BCUT2D eigenvalue weighted by atomic mass is 32.1. The minimum atomic E-state index is 0.0718. The summed E-state index contributed by atoms with van der Waals surface area (Å²) in [6.45, 7) is 33.3. The topological polar surface area (TPSA) is 30.7 Å². The van der Waals surface area contributed by atoms with E-state index in [0.717, 1.165) is 32.5 Å². The first-order chi connectivity index (χ1) is 33.6. The molecule has 0 aliphatic rings. The fourth-order valence-corrected chi connectivity index (χ4v) is 16.0. The van der Waals surface area contributed by atoms with Crippen molar-refractivity contribution in [3.63, 3.8) is 0 Å². The molecule has 0 saturated carbocycles. The first-order valence-corrected chi connectivity index (χ1v) is 31.5. The number of fused-ring (bicyclic) bond motifs is 4. The Morgan fingerprint density at radius 2 is 0.986 bits per heavy atom. The van der Waals surface area contributed by atoms with Crippen molar-refractivity contribution in [2.24, 2.45) is 23.7 Å². The smallest absolute Gasteiger partial charge is 0.155 e. The summed E-state index contributed by atoms with van der Waals surface area (Å²) in [5.74, 6) is 2.65. The second-order valence-electron chi connectivity index (χ2n) is 23.3. The third-order valence-electron chi connectivity index (χ3n) is 16.0. The molecule has 5 aromatic heterocycles. The quantitative estimate of drug-likeness (QED) is 0.0541. The molecule has 70 heavy (non-hydrogen) atoms. The van der Waals surface area contributed by atoms with Gasteiger partial charge in [0, 0.05) is 32.1 Å². The van der Waals surface area contributed by atoms with Crippen molar-refractivity contribution in [1.82, 2.24) is 14.5 Å². The summed E-state index contributed by atoms with van der Waals surface area (Å²) in [6.07, 6.45) is 22.5. The summed E-state index contributed by atoms with van der Waals surface area (Å²) in [7, 11) is 0. The van der Waals surface area contributed by atoms with Gasteiger partial charge in [0.2, 0.25) is 0 Å². The van der Waals surface area contributed by atoms with Crippen molar-refractivity contribution in [3.05, 3.63) is 70.1 Å². The molecule has 0 saturated heterocycles. The average Bonchev–Trinajstić information content (AvgIpc) is 4.18. The van der Waals surface area contributed by atoms with Crippen molar-refractivity contribution < 1.29 is 0 Å². The van der Waals surface area contributed by atoms with E-state index >= 15 is 0 Å². The predicted molar refractivity (Wildman–Crippen MR) is 317 cm³/mol. The van der Waals surface area contributed by atoms with Crippen molar-refractivity contribution in [2.75, 3.05) is 0 Å². The Bertz CT molecular complexity index is 2690. The summed E-state index contributed by atoms with van der Waals surface area (Å²) in [5.41, 5.74) is 8.78. The van der Waals surface area contributed by atoms with Gasteiger partial charge in [0.25, 0.3) is 0 Å². The summed E-state index contributed by atoms with van der Waals surface area (Å²) in [6, 6.07) is 20.5. The van der Waals surface area contributed by atoms with Crippen LogP contribution in [0.3, 0.4) is 0 Å². The van der Waals surface area contributed by atoms with E-state index < -0.39 is 0 Å². The molecule has 0 spiro atoms. The second-order valence-corrected chi connectivity index (χ2v) is 27.3. The van der Waals surface area contributed by atoms with Gasteiger partial charge >= 0.3 is 0 Å². The van der Waals surface area contributed by atoms with Crippen LogP contribution in [0.15, 0.2) is 48.5 Å². The molecule has 0 radical (unpaired) electrons. The third kappa shape index (κ3) is 12.4. The summed E-state index contributed by atoms with van der Waals surface area (Å²) in [5, 5.41) is 5.12. The highest BCUT2D eigenvalue weighted by Crippen LogP contribution is 2.49. The van der Waals surface area contributed by atoms with Gasteiger partial charge in [-0.1, -0.05) is 234 Å². The van der Waals surface area contributed by atoms with Gasteiger partial charge in [0.05, 0.1) is 15.3 Å². The number of benzene rings is 2. The number of thiazole rings is 2. The monoisotopic (exact) mass is 1020 g/mol. The Kier molecular flexibility index (Phi) is 19.2. The first kappa shape index (κ1) is 54.9. The van der Waals surface area contributed by atoms with Crippen LogP contribution in [0.5, 0.6) is 0 Å². The van der Waals surface area contributed by atoms with E-state index in [1.165, 1.54) is 166 Å². The lowest BCUT2D eigenvalue weighted by Crippen LogP contribution is -2.27. The number of hydrogen-bond acceptors (Lipinski definition) is 6. The maximum absolute atomic E-state index is 5.53. The molecule has 0 aliphatic carbocycles. The Hall–Kier alpha value is -2.84. The number of thiophene rings is 2. The zero-order chi connectivity index (χ0) is 50.3. The minimum absolute atomic E-state index is 0.0718. The summed E-state index contributed by atoms with van der Waals surface area (Å²) in [4.78, 5) is 18.8. The van der Waals surface area contributed by atoms with Crippen LogP contribution < -0.4 is 0 Å². The van der Waals surface area contributed by atoms with E-state index in [-0.39, 0.29) is 10.8 Å². The van der Waals surface area contributed by atoms with Gasteiger partial charge in [0.15, 0.2) is 9.66 Å². The molecule has 0 bridgehead atoms. The molecule has 2 aromatic carbocycles. The van der Waals surface area contributed by atoms with Crippen molar-refractivity contribution in [3.8, 4) is 30.2 Å². The number of rotatable bonds is 26. The fourth-order valence-electron chi connectivity index (χ4n) is 11.3. The van der Waals surface area contributed by atoms with Gasteiger partial charge in [-0.25, -0.2) is 9.97 Å². The van der Waals surface area contributed by atoms with Crippen LogP contribution >= 0.6 is 45.3 Å². The summed E-state index contributed by atoms with van der Waals surface area (Å²) >= 11 is 7.61. The lowest BCUT2D eigenvalue weighted by Gasteiger charge is -2.36. The molecule has 7 aromatic rings. The van der Waals surface area contributed by atoms with Crippen molar-refractivity contribution in [2.45, 2.75) is 229 Å². The molecule has 4 unspecified atom stereocenters. The molecule has 3 nitrogen and oxygen atoms in total. The van der Waals surface area contributed by atoms with Crippen LogP contribution in [0.2, 0.25) is 0 Å². The zero-order valence-corrected chi connectivity index (χ0v) is 49.5. The van der Waals surface area contributed by atoms with Gasteiger partial charge in [-0.3, -0.25) is 0 Å². The molecular weight excluding hydrogens is 927 g/mol. The standard InChI is InChI=1S/C63H91N3S4/c1-15-23-27-41(19-5)35-46-38-53(67-56(46)58-64-60-61(69-58)65-59(70-60)57-47(36-42(20-6)28-24-16-2)39-54(68-57)63(12,13)14)45-31-33-49-50-34-32-48(62(9,10)11)40-52(50)66(51(49)37-45)55(43(21-7)29-25-17-3)44(22-8)30-26-18-4/h31-34,37-44,55H,15-30,35-36H2,1-14H3. The molecule has 0 amide bonds. The molecule has 7 heteroatoms. The van der Waals surface area contributed by atoms with Crippen LogP contribution in [0, 0.1) is 23.7 Å². The normalized spacial score (nSPS) is 14.9. The van der Waals surface area contributed by atoms with Gasteiger partial charge in [-0.2, -0.15) is 0 Å². The highest BCUT2D eigenvalue weighted by molar-refractivity contribution is 7.32. The average molecular weight is 1020 g/mol. The van der Waals surface area contributed by atoms with Crippen LogP contribution in [0.25, 0.3) is 61.7 Å². The van der Waals surface area contributed by atoms with E-state index in [9.17, 15) is 0 Å². The Morgan fingerprint density at radius 3 is 1.47 bits per heavy atom. The van der Waals surface area contributed by atoms with Crippen LogP contribution in [-0.4, -0.2) is 14.5 Å². The van der Waals surface area contributed by atoms with E-state index in [1.54, 1.807) is 0 Å². The SMILES string of the molecule is CCCCC(CC)Cc1cc(-c2ccc3c4ccc(C(C)(C)C)cc4n(C(C(CC)CCCC)C(CC)CCCC)c3c2)sc1-c1nc2sc(-c3sc(C(C)(C)C)cc3CC(CC)CCCC)nc2s1. The van der Waals surface area contributed by atoms with E-state index in [0.29, 0.717) is 29.7 Å². The highest BCUT2D eigenvalue weighted by Gasteiger charge is 2.33. The Balaban J connectivity index is 1.37. The lowest BCUT2D eigenvalue weighted by molar-refractivity contribution is 0.200. The van der Waals surface area contributed by atoms with E-state index in [2.05, 4.69) is 150 Å². The molecule has 0 aliphatic heterocycles. The number of nitrogens with zero attached hydrogens (tertiary/aromatic N) is 3. The maximum Gasteiger partial charge on any atom is 0.155 e. The minimum Gasteiger partial charge on any atom is -0.337 e. The lowest BCUT2D eigenvalue weighted by atomic mass is 9.79. The number of hydrogen-bond donors (Lipinski definition) is 0. The van der Waals surface area contributed by atoms with E-state index in [1.807, 2.05) is 45.3 Å². The van der Waals surface area contributed by atoms with Crippen molar-refractivity contribution >= 4 is 76.8 Å². The molecule has 4 atom stereocenters. The van der Waals surface area contributed by atoms with Gasteiger partial charge in [-0.05, 0) is 107 Å². The predicted octanol–water partition coefficient (Wildman–Crippen LogP) is 22.1. The largest absolute Gasteiger partial charge is 0.337 e. The fraction of sp³-hybridized carbons (Fsp3) is 0.619. The molecule has 0 fully saturated rings. The Morgan fingerprint density at radius 1 is 0.500 bits per heavy atom. The molecule has 5 heterocycles. The van der Waals surface area contributed by atoms with Gasteiger partial charge in [-0.15, -0.1) is 22.7 Å². The van der Waals surface area contributed by atoms with Crippen LogP contribution in [-0.2, 0) is 23.7 Å². The van der Waals surface area contributed by atoms with Crippen LogP contribution in [0.4, 0.5) is 0 Å². The Labute approximate surface area is 441 Å². The molecule has 0 N–H and O–H groups in total. The number of aromatic nitrogens is 3.